The Hall–Kier alpha value is -1.23. The SMILES string of the molecule is Cc1ccccc1C(c1nc(CN)cs1)N1CCCC1. The van der Waals surface area contributed by atoms with E-state index in [1.807, 2.05) is 0 Å². The van der Waals surface area contributed by atoms with E-state index >= 15 is 0 Å². The Balaban J connectivity index is 2.01. The molecule has 2 aromatic rings. The number of aromatic nitrogens is 1. The average molecular weight is 287 g/mol. The zero-order valence-corrected chi connectivity index (χ0v) is 12.7. The quantitative estimate of drug-likeness (QED) is 0.939. The summed E-state index contributed by atoms with van der Waals surface area (Å²) in [7, 11) is 0. The van der Waals surface area contributed by atoms with Crippen LogP contribution in [0.25, 0.3) is 0 Å². The van der Waals surface area contributed by atoms with E-state index in [0.29, 0.717) is 12.6 Å². The zero-order chi connectivity index (χ0) is 13.9. The molecule has 0 bridgehead atoms. The van der Waals surface area contributed by atoms with E-state index in [0.717, 1.165) is 18.8 Å². The van der Waals surface area contributed by atoms with Crippen molar-refractivity contribution in [2.75, 3.05) is 13.1 Å². The van der Waals surface area contributed by atoms with E-state index in [1.54, 1.807) is 11.3 Å². The standard InChI is InChI=1S/C16H21N3S/c1-12-6-2-3-7-14(12)15(19-8-4-5-9-19)16-18-13(10-17)11-20-16/h2-3,6-7,11,15H,4-5,8-10,17H2,1H3. The molecule has 1 atom stereocenters. The maximum atomic E-state index is 5.72. The number of rotatable bonds is 4. The van der Waals surface area contributed by atoms with Gasteiger partial charge in [-0.25, -0.2) is 4.98 Å². The van der Waals surface area contributed by atoms with Crippen LogP contribution in [0, 0.1) is 6.92 Å². The van der Waals surface area contributed by atoms with Gasteiger partial charge < -0.3 is 5.73 Å². The molecule has 1 saturated heterocycles. The molecule has 0 amide bonds. The predicted molar refractivity (Wildman–Crippen MR) is 83.8 cm³/mol. The molecule has 3 rings (SSSR count). The molecule has 1 aliphatic rings. The van der Waals surface area contributed by atoms with Crippen molar-refractivity contribution in [2.45, 2.75) is 32.4 Å². The first-order valence-corrected chi connectivity index (χ1v) is 8.11. The molecule has 20 heavy (non-hydrogen) atoms. The molecule has 1 aromatic heterocycles. The molecule has 106 valence electrons. The Kier molecular flexibility index (Phi) is 4.15. The minimum absolute atomic E-state index is 0.295. The monoisotopic (exact) mass is 287 g/mol. The summed E-state index contributed by atoms with van der Waals surface area (Å²) >= 11 is 1.74. The topological polar surface area (TPSA) is 42.1 Å². The number of hydrogen-bond donors (Lipinski definition) is 1. The lowest BCUT2D eigenvalue weighted by molar-refractivity contribution is 0.279. The smallest absolute Gasteiger partial charge is 0.115 e. The summed E-state index contributed by atoms with van der Waals surface area (Å²) in [6.45, 7) is 5.04. The Bertz CT molecular complexity index is 573. The molecule has 1 aliphatic heterocycles. The van der Waals surface area contributed by atoms with Gasteiger partial charge in [-0.15, -0.1) is 11.3 Å². The molecule has 0 radical (unpaired) electrons. The van der Waals surface area contributed by atoms with E-state index in [4.69, 9.17) is 10.7 Å². The van der Waals surface area contributed by atoms with Crippen LogP contribution in [0.3, 0.4) is 0 Å². The fourth-order valence-corrected chi connectivity index (χ4v) is 3.90. The number of benzene rings is 1. The molecule has 0 spiro atoms. The van der Waals surface area contributed by atoms with Gasteiger partial charge in [-0.05, 0) is 44.0 Å². The molecule has 1 aromatic carbocycles. The summed E-state index contributed by atoms with van der Waals surface area (Å²) in [5.74, 6) is 0. The van der Waals surface area contributed by atoms with Gasteiger partial charge in [0.25, 0.3) is 0 Å². The summed E-state index contributed by atoms with van der Waals surface area (Å²) in [5, 5.41) is 3.28. The highest BCUT2D eigenvalue weighted by Gasteiger charge is 2.28. The molecule has 3 nitrogen and oxygen atoms in total. The van der Waals surface area contributed by atoms with E-state index in [-0.39, 0.29) is 0 Å². The first-order valence-electron chi connectivity index (χ1n) is 7.23. The second-order valence-electron chi connectivity index (χ2n) is 5.38. The molecule has 2 N–H and O–H groups in total. The molecule has 2 heterocycles. The number of nitrogens with zero attached hydrogens (tertiary/aromatic N) is 2. The van der Waals surface area contributed by atoms with Crippen LogP contribution in [-0.4, -0.2) is 23.0 Å². The normalized spacial score (nSPS) is 17.5. The van der Waals surface area contributed by atoms with Gasteiger partial charge in [-0.3, -0.25) is 4.90 Å². The summed E-state index contributed by atoms with van der Waals surface area (Å²) in [5.41, 5.74) is 9.44. The van der Waals surface area contributed by atoms with Crippen LogP contribution in [-0.2, 0) is 6.54 Å². The van der Waals surface area contributed by atoms with Gasteiger partial charge in [-0.2, -0.15) is 0 Å². The highest BCUT2D eigenvalue weighted by Crippen LogP contribution is 2.34. The van der Waals surface area contributed by atoms with Crippen molar-refractivity contribution in [1.82, 2.24) is 9.88 Å². The molecule has 0 aliphatic carbocycles. The van der Waals surface area contributed by atoms with Crippen LogP contribution in [0.5, 0.6) is 0 Å². The Morgan fingerprint density at radius 2 is 2.05 bits per heavy atom. The van der Waals surface area contributed by atoms with Crippen LogP contribution in [0.2, 0.25) is 0 Å². The lowest BCUT2D eigenvalue weighted by Crippen LogP contribution is -2.27. The van der Waals surface area contributed by atoms with Crippen molar-refractivity contribution >= 4 is 11.3 Å². The Morgan fingerprint density at radius 1 is 1.30 bits per heavy atom. The molecular formula is C16H21N3S. The van der Waals surface area contributed by atoms with Gasteiger partial charge >= 0.3 is 0 Å². The number of nitrogens with two attached hydrogens (primary N) is 1. The van der Waals surface area contributed by atoms with Crippen molar-refractivity contribution in [3.05, 3.63) is 51.5 Å². The first kappa shape index (κ1) is 13.7. The second-order valence-corrected chi connectivity index (χ2v) is 6.27. The largest absolute Gasteiger partial charge is 0.325 e. The van der Waals surface area contributed by atoms with Crippen molar-refractivity contribution in [3.8, 4) is 0 Å². The summed E-state index contributed by atoms with van der Waals surface area (Å²) in [6, 6.07) is 8.96. The maximum Gasteiger partial charge on any atom is 0.115 e. The van der Waals surface area contributed by atoms with E-state index in [2.05, 4.69) is 41.5 Å². The van der Waals surface area contributed by atoms with E-state index in [1.165, 1.54) is 29.0 Å². The van der Waals surface area contributed by atoms with Gasteiger partial charge in [0.05, 0.1) is 11.7 Å². The minimum Gasteiger partial charge on any atom is -0.325 e. The first-order chi connectivity index (χ1) is 9.79. The minimum atomic E-state index is 0.295. The van der Waals surface area contributed by atoms with Gasteiger partial charge in [-0.1, -0.05) is 24.3 Å². The lowest BCUT2D eigenvalue weighted by atomic mass is 10.0. The lowest BCUT2D eigenvalue weighted by Gasteiger charge is -2.27. The van der Waals surface area contributed by atoms with Gasteiger partial charge in [0.15, 0.2) is 0 Å². The van der Waals surface area contributed by atoms with Crippen LogP contribution in [0.15, 0.2) is 29.6 Å². The van der Waals surface area contributed by atoms with Crippen molar-refractivity contribution in [1.29, 1.82) is 0 Å². The fraction of sp³-hybridized carbons (Fsp3) is 0.438. The summed E-state index contributed by atoms with van der Waals surface area (Å²) < 4.78 is 0. The zero-order valence-electron chi connectivity index (χ0n) is 11.9. The van der Waals surface area contributed by atoms with Gasteiger partial charge in [0.2, 0.25) is 0 Å². The molecular weight excluding hydrogens is 266 g/mol. The summed E-state index contributed by atoms with van der Waals surface area (Å²) in [4.78, 5) is 7.30. The van der Waals surface area contributed by atoms with Crippen LogP contribution in [0.1, 0.15) is 40.7 Å². The maximum absolute atomic E-state index is 5.72. The van der Waals surface area contributed by atoms with E-state index < -0.39 is 0 Å². The van der Waals surface area contributed by atoms with Crippen LogP contribution < -0.4 is 5.73 Å². The van der Waals surface area contributed by atoms with Gasteiger partial charge in [0, 0.05) is 11.9 Å². The highest BCUT2D eigenvalue weighted by atomic mass is 32.1. The van der Waals surface area contributed by atoms with Crippen LogP contribution in [0.4, 0.5) is 0 Å². The molecule has 0 saturated carbocycles. The number of hydrogen-bond acceptors (Lipinski definition) is 4. The fourth-order valence-electron chi connectivity index (χ4n) is 2.92. The van der Waals surface area contributed by atoms with E-state index in [9.17, 15) is 0 Å². The van der Waals surface area contributed by atoms with Crippen molar-refractivity contribution < 1.29 is 0 Å². The Labute approximate surface area is 124 Å². The third-order valence-electron chi connectivity index (χ3n) is 4.00. The highest BCUT2D eigenvalue weighted by molar-refractivity contribution is 7.09. The third kappa shape index (κ3) is 2.64. The molecule has 1 unspecified atom stereocenters. The summed E-state index contributed by atoms with van der Waals surface area (Å²) in [6.07, 6.45) is 2.58. The number of aryl methyl sites for hydroxylation is 1. The predicted octanol–water partition coefficient (Wildman–Crippen LogP) is 3.10. The molecule has 1 fully saturated rings. The van der Waals surface area contributed by atoms with Crippen LogP contribution >= 0.6 is 11.3 Å². The number of likely N-dealkylation sites (tertiary alicyclic amines) is 1. The second kappa shape index (κ2) is 6.04. The molecule has 4 heteroatoms. The van der Waals surface area contributed by atoms with Gasteiger partial charge in [0.1, 0.15) is 5.01 Å². The van der Waals surface area contributed by atoms with Crippen molar-refractivity contribution in [2.24, 2.45) is 5.73 Å². The number of thiazole rings is 1. The third-order valence-corrected chi connectivity index (χ3v) is 4.95. The van der Waals surface area contributed by atoms with Crippen molar-refractivity contribution in [3.63, 3.8) is 0 Å². The average Bonchev–Trinajstić information content (AvgIpc) is 3.13. The Morgan fingerprint density at radius 3 is 2.70 bits per heavy atom.